The molecule has 0 bridgehead atoms. The Morgan fingerprint density at radius 3 is 2.33 bits per heavy atom. The van der Waals surface area contributed by atoms with E-state index in [0.717, 1.165) is 42.6 Å². The number of phenolic OH excluding ortho intramolecular Hbond substituents is 2. The van der Waals surface area contributed by atoms with E-state index in [1.807, 2.05) is 24.3 Å². The Kier molecular flexibility index (Phi) is 4.98. The summed E-state index contributed by atoms with van der Waals surface area (Å²) in [6.07, 6.45) is 4.41. The molecule has 1 heterocycles. The molecule has 0 fully saturated rings. The van der Waals surface area contributed by atoms with Gasteiger partial charge in [0.15, 0.2) is 0 Å². The molecular weight excluding hydrogens is 300 g/mol. The zero-order chi connectivity index (χ0) is 17.1. The van der Waals surface area contributed by atoms with Gasteiger partial charge in [-0.2, -0.15) is 0 Å². The van der Waals surface area contributed by atoms with E-state index in [0.29, 0.717) is 17.6 Å². The van der Waals surface area contributed by atoms with Crippen LogP contribution < -0.4 is 4.74 Å². The van der Waals surface area contributed by atoms with Crippen LogP contribution >= 0.6 is 0 Å². The number of unbranched alkanes of at least 4 members (excludes halogenated alkanes) is 1. The maximum atomic E-state index is 9.89. The summed E-state index contributed by atoms with van der Waals surface area (Å²) in [5, 5.41) is 19.5. The maximum absolute atomic E-state index is 9.89. The number of hydrogen-bond donors (Lipinski definition) is 2. The monoisotopic (exact) mass is 326 g/mol. The molecule has 3 rings (SSSR count). The largest absolute Gasteiger partial charge is 0.508 e. The van der Waals surface area contributed by atoms with Crippen LogP contribution in [0.4, 0.5) is 0 Å². The van der Waals surface area contributed by atoms with E-state index in [1.165, 1.54) is 0 Å². The predicted molar refractivity (Wildman–Crippen MR) is 95.6 cm³/mol. The van der Waals surface area contributed by atoms with Gasteiger partial charge in [-0.05, 0) is 54.7 Å². The minimum atomic E-state index is -0.0147. The number of aromatic hydroxyl groups is 2. The van der Waals surface area contributed by atoms with Crippen molar-refractivity contribution in [3.8, 4) is 17.2 Å². The molecule has 2 N–H and O–H groups in total. The normalized spacial score (nSPS) is 22.7. The topological polar surface area (TPSA) is 49.7 Å². The Balaban J connectivity index is 2.02. The standard InChI is InChI=1S/C21H26O3/c1-3-5-6-18-17(4-2)19-13-16(23)11-12-20(19)24-21(18)14-7-9-15(22)10-8-14/h7-13,17-18,21-23H,3-6H2,1-2H3. The summed E-state index contributed by atoms with van der Waals surface area (Å²) in [5.74, 6) is 2.18. The van der Waals surface area contributed by atoms with Crippen LogP contribution in [-0.4, -0.2) is 10.2 Å². The Labute approximate surface area is 143 Å². The minimum Gasteiger partial charge on any atom is -0.508 e. The van der Waals surface area contributed by atoms with Crippen LogP contribution in [0.25, 0.3) is 0 Å². The molecule has 0 saturated carbocycles. The Morgan fingerprint density at radius 2 is 1.67 bits per heavy atom. The van der Waals surface area contributed by atoms with Crippen LogP contribution in [0.15, 0.2) is 42.5 Å². The second kappa shape index (κ2) is 7.16. The summed E-state index contributed by atoms with van der Waals surface area (Å²) in [6.45, 7) is 4.41. The van der Waals surface area contributed by atoms with Crippen molar-refractivity contribution in [1.29, 1.82) is 0 Å². The second-order valence-corrected chi connectivity index (χ2v) is 6.67. The van der Waals surface area contributed by atoms with Crippen molar-refractivity contribution in [1.82, 2.24) is 0 Å². The van der Waals surface area contributed by atoms with Gasteiger partial charge in [-0.3, -0.25) is 0 Å². The van der Waals surface area contributed by atoms with Crippen molar-refractivity contribution in [2.24, 2.45) is 5.92 Å². The van der Waals surface area contributed by atoms with Crippen LogP contribution in [0.2, 0.25) is 0 Å². The van der Waals surface area contributed by atoms with Crippen LogP contribution in [0.1, 0.15) is 62.7 Å². The first-order valence-corrected chi connectivity index (χ1v) is 8.92. The highest BCUT2D eigenvalue weighted by Crippen LogP contribution is 2.50. The Morgan fingerprint density at radius 1 is 0.958 bits per heavy atom. The summed E-state index contributed by atoms with van der Waals surface area (Å²) >= 11 is 0. The SMILES string of the molecule is CCCCC1C(CC)c2cc(O)ccc2OC1c1ccc(O)cc1. The highest BCUT2D eigenvalue weighted by atomic mass is 16.5. The molecule has 0 aliphatic carbocycles. The van der Waals surface area contributed by atoms with E-state index in [2.05, 4.69) is 13.8 Å². The maximum Gasteiger partial charge on any atom is 0.127 e. The second-order valence-electron chi connectivity index (χ2n) is 6.67. The van der Waals surface area contributed by atoms with E-state index in [-0.39, 0.29) is 11.9 Å². The van der Waals surface area contributed by atoms with Crippen molar-refractivity contribution in [2.75, 3.05) is 0 Å². The molecule has 3 unspecified atom stereocenters. The van der Waals surface area contributed by atoms with Gasteiger partial charge in [0.25, 0.3) is 0 Å². The lowest BCUT2D eigenvalue weighted by atomic mass is 9.74. The van der Waals surface area contributed by atoms with Crippen LogP contribution in [0.5, 0.6) is 17.2 Å². The van der Waals surface area contributed by atoms with Gasteiger partial charge in [0.1, 0.15) is 23.4 Å². The minimum absolute atomic E-state index is 0.0147. The van der Waals surface area contributed by atoms with E-state index >= 15 is 0 Å². The molecular formula is C21H26O3. The molecule has 0 amide bonds. The van der Waals surface area contributed by atoms with Crippen molar-refractivity contribution >= 4 is 0 Å². The molecule has 0 spiro atoms. The molecule has 3 nitrogen and oxygen atoms in total. The summed E-state index contributed by atoms with van der Waals surface area (Å²) in [6, 6.07) is 12.8. The van der Waals surface area contributed by atoms with Gasteiger partial charge in [0.05, 0.1) is 0 Å². The molecule has 1 aliphatic rings. The summed E-state index contributed by atoms with van der Waals surface area (Å²) in [4.78, 5) is 0. The van der Waals surface area contributed by atoms with E-state index in [9.17, 15) is 10.2 Å². The highest BCUT2D eigenvalue weighted by Gasteiger charge is 2.37. The number of benzene rings is 2. The molecule has 24 heavy (non-hydrogen) atoms. The zero-order valence-corrected chi connectivity index (χ0v) is 14.4. The predicted octanol–water partition coefficient (Wildman–Crippen LogP) is 5.53. The van der Waals surface area contributed by atoms with Crippen molar-refractivity contribution in [2.45, 2.75) is 51.6 Å². The number of ether oxygens (including phenoxy) is 1. The quantitative estimate of drug-likeness (QED) is 0.759. The van der Waals surface area contributed by atoms with Gasteiger partial charge < -0.3 is 14.9 Å². The Bertz CT molecular complexity index is 678. The lowest BCUT2D eigenvalue weighted by molar-refractivity contribution is 0.0823. The lowest BCUT2D eigenvalue weighted by Crippen LogP contribution is -2.30. The zero-order valence-electron chi connectivity index (χ0n) is 14.4. The number of hydrogen-bond acceptors (Lipinski definition) is 3. The average molecular weight is 326 g/mol. The van der Waals surface area contributed by atoms with Crippen molar-refractivity contribution < 1.29 is 14.9 Å². The van der Waals surface area contributed by atoms with Crippen molar-refractivity contribution in [3.05, 3.63) is 53.6 Å². The fourth-order valence-corrected chi connectivity index (χ4v) is 3.89. The average Bonchev–Trinajstić information content (AvgIpc) is 2.59. The first-order chi connectivity index (χ1) is 11.6. The summed E-state index contributed by atoms with van der Waals surface area (Å²) in [7, 11) is 0. The van der Waals surface area contributed by atoms with Crippen molar-refractivity contribution in [3.63, 3.8) is 0 Å². The van der Waals surface area contributed by atoms with Gasteiger partial charge in [-0.25, -0.2) is 0 Å². The first-order valence-electron chi connectivity index (χ1n) is 8.92. The molecule has 0 aromatic heterocycles. The molecule has 1 aliphatic heterocycles. The molecule has 2 aromatic rings. The third-order valence-corrected chi connectivity index (χ3v) is 5.10. The highest BCUT2D eigenvalue weighted by molar-refractivity contribution is 5.45. The smallest absolute Gasteiger partial charge is 0.127 e. The molecule has 0 radical (unpaired) electrons. The van der Waals surface area contributed by atoms with Crippen LogP contribution in [-0.2, 0) is 0 Å². The third-order valence-electron chi connectivity index (χ3n) is 5.10. The molecule has 3 heteroatoms. The van der Waals surface area contributed by atoms with Crippen LogP contribution in [0, 0.1) is 5.92 Å². The van der Waals surface area contributed by atoms with Gasteiger partial charge >= 0.3 is 0 Å². The fourth-order valence-electron chi connectivity index (χ4n) is 3.89. The fraction of sp³-hybridized carbons (Fsp3) is 0.429. The van der Waals surface area contributed by atoms with E-state index in [1.54, 1.807) is 18.2 Å². The Hall–Kier alpha value is -2.16. The summed E-state index contributed by atoms with van der Waals surface area (Å²) in [5.41, 5.74) is 2.22. The van der Waals surface area contributed by atoms with E-state index < -0.39 is 0 Å². The molecule has 2 aromatic carbocycles. The first kappa shape index (κ1) is 16.7. The molecule has 0 saturated heterocycles. The van der Waals surface area contributed by atoms with Gasteiger partial charge in [0.2, 0.25) is 0 Å². The molecule has 3 atom stereocenters. The van der Waals surface area contributed by atoms with Crippen LogP contribution in [0.3, 0.4) is 0 Å². The van der Waals surface area contributed by atoms with E-state index in [4.69, 9.17) is 4.74 Å². The third kappa shape index (κ3) is 3.21. The summed E-state index contributed by atoms with van der Waals surface area (Å²) < 4.78 is 6.36. The van der Waals surface area contributed by atoms with Gasteiger partial charge in [0, 0.05) is 11.5 Å². The van der Waals surface area contributed by atoms with Gasteiger partial charge in [-0.15, -0.1) is 0 Å². The number of phenols is 2. The number of fused-ring (bicyclic) bond motifs is 1. The number of rotatable bonds is 5. The van der Waals surface area contributed by atoms with Gasteiger partial charge in [-0.1, -0.05) is 38.8 Å². The molecule has 128 valence electrons. The lowest BCUT2D eigenvalue weighted by Gasteiger charge is -2.40.